The fourth-order valence-corrected chi connectivity index (χ4v) is 5.34. The second kappa shape index (κ2) is 21.4. The van der Waals surface area contributed by atoms with Gasteiger partial charge in [-0.1, -0.05) is 36.4 Å². The van der Waals surface area contributed by atoms with Gasteiger partial charge in [0.15, 0.2) is 0 Å². The summed E-state index contributed by atoms with van der Waals surface area (Å²) < 4.78 is 28.8. The van der Waals surface area contributed by atoms with E-state index in [0.29, 0.717) is 78.0 Å². The highest BCUT2D eigenvalue weighted by Gasteiger charge is 2.14. The van der Waals surface area contributed by atoms with Gasteiger partial charge in [0, 0.05) is 31.2 Å². The highest BCUT2D eigenvalue weighted by atomic mass is 32.1. The quantitative estimate of drug-likeness (QED) is 0.0908. The van der Waals surface area contributed by atoms with Gasteiger partial charge in [0.05, 0.1) is 61.8 Å². The van der Waals surface area contributed by atoms with Crippen LogP contribution < -0.4 is 21.5 Å². The van der Waals surface area contributed by atoms with Crippen LogP contribution in [0.5, 0.6) is 5.75 Å². The molecule has 0 radical (unpaired) electrons. The maximum Gasteiger partial charge on any atom is 0.217 e. The Balaban J connectivity index is 1.19. The summed E-state index contributed by atoms with van der Waals surface area (Å²) in [7, 11) is 0. The van der Waals surface area contributed by atoms with Crippen molar-refractivity contribution in [1.82, 2.24) is 10.3 Å². The second-order valence-corrected chi connectivity index (χ2v) is 11.7. The zero-order valence-corrected chi connectivity index (χ0v) is 27.7. The monoisotopic (exact) mass is 656 g/mol. The van der Waals surface area contributed by atoms with E-state index in [0.717, 1.165) is 40.1 Å². The third kappa shape index (κ3) is 13.9. The summed E-state index contributed by atoms with van der Waals surface area (Å²) in [6.45, 7) is 8.21. The number of benzene rings is 2. The molecule has 3 rings (SSSR count). The van der Waals surface area contributed by atoms with Crippen molar-refractivity contribution in [2.24, 2.45) is 11.5 Å². The molecule has 12 heteroatoms. The molecule has 0 saturated heterocycles. The predicted octanol–water partition coefficient (Wildman–Crippen LogP) is 3.92. The van der Waals surface area contributed by atoms with Gasteiger partial charge >= 0.3 is 0 Å². The van der Waals surface area contributed by atoms with Crippen molar-refractivity contribution in [3.63, 3.8) is 0 Å². The maximum absolute atomic E-state index is 10.9. The minimum absolute atomic E-state index is 0.158. The Hall–Kier alpha value is -3.39. The van der Waals surface area contributed by atoms with Gasteiger partial charge in [-0.2, -0.15) is 0 Å². The van der Waals surface area contributed by atoms with Gasteiger partial charge in [-0.15, -0.1) is 11.3 Å². The van der Waals surface area contributed by atoms with Gasteiger partial charge in [-0.05, 0) is 55.9 Å². The molecule has 0 aliphatic heterocycles. The minimum Gasteiger partial charge on any atom is -0.491 e. The molecule has 252 valence electrons. The lowest BCUT2D eigenvalue weighted by Crippen LogP contribution is -2.35. The number of nitrogens with two attached hydrogens (primary N) is 2. The fourth-order valence-electron chi connectivity index (χ4n) is 4.53. The summed E-state index contributed by atoms with van der Waals surface area (Å²) >= 11 is 1.58. The summed E-state index contributed by atoms with van der Waals surface area (Å²) in [6, 6.07) is 14.1. The molecule has 0 fully saturated rings. The van der Waals surface area contributed by atoms with E-state index in [2.05, 4.69) is 34.6 Å². The summed E-state index contributed by atoms with van der Waals surface area (Å²) in [5, 5.41) is 2.70. The normalized spacial score (nSPS) is 12.5. The number of rotatable bonds is 25. The van der Waals surface area contributed by atoms with Crippen molar-refractivity contribution >= 4 is 23.7 Å². The highest BCUT2D eigenvalue weighted by Crippen LogP contribution is 2.32. The number of nitrogens with zero attached hydrogens (tertiary/aromatic N) is 1. The fraction of sp³-hybridized carbons (Fsp3) is 0.500. The minimum atomic E-state index is -0.347. The molecule has 2 atom stereocenters. The number of aryl methyl sites for hydroxylation is 2. The van der Waals surface area contributed by atoms with E-state index >= 15 is 0 Å². The summed E-state index contributed by atoms with van der Waals surface area (Å²) in [6.07, 6.45) is 3.15. The Morgan fingerprint density at radius 1 is 0.978 bits per heavy atom. The number of hydrogen-bond acceptors (Lipinski definition) is 10. The van der Waals surface area contributed by atoms with Crippen LogP contribution in [-0.4, -0.2) is 75.7 Å². The van der Waals surface area contributed by atoms with Crippen molar-refractivity contribution < 1.29 is 33.3 Å². The summed E-state index contributed by atoms with van der Waals surface area (Å²) in [5.41, 5.74) is 18.3. The average Bonchev–Trinajstić information content (AvgIpc) is 3.49. The van der Waals surface area contributed by atoms with Gasteiger partial charge in [-0.3, -0.25) is 9.59 Å². The average molecular weight is 657 g/mol. The van der Waals surface area contributed by atoms with Crippen molar-refractivity contribution in [2.75, 3.05) is 46.2 Å². The molecule has 0 unspecified atom stereocenters. The summed E-state index contributed by atoms with van der Waals surface area (Å²) in [4.78, 5) is 27.1. The molecule has 5 N–H and O–H groups in total. The molecular weight excluding hydrogens is 608 g/mol. The molecule has 0 spiro atoms. The number of thiazole rings is 1. The number of primary amides is 1. The van der Waals surface area contributed by atoms with Crippen LogP contribution in [0, 0.1) is 6.92 Å². The molecule has 1 heterocycles. The number of ether oxygens (including phenoxy) is 5. The van der Waals surface area contributed by atoms with E-state index in [1.54, 1.807) is 11.3 Å². The largest absolute Gasteiger partial charge is 0.491 e. The molecule has 2 aromatic carbocycles. The first-order valence-electron chi connectivity index (χ1n) is 15.7. The van der Waals surface area contributed by atoms with E-state index in [-0.39, 0.29) is 24.5 Å². The van der Waals surface area contributed by atoms with Crippen LogP contribution in [0.4, 0.5) is 0 Å². The molecule has 0 aliphatic rings. The van der Waals surface area contributed by atoms with E-state index in [1.807, 2.05) is 37.6 Å². The smallest absolute Gasteiger partial charge is 0.217 e. The topological polar surface area (TPSA) is 157 Å². The van der Waals surface area contributed by atoms with Crippen LogP contribution in [0.25, 0.3) is 10.4 Å². The van der Waals surface area contributed by atoms with Gasteiger partial charge < -0.3 is 40.5 Å². The molecule has 2 amide bonds. The van der Waals surface area contributed by atoms with Crippen LogP contribution in [0.15, 0.2) is 48.0 Å². The molecule has 0 saturated carbocycles. The number of amides is 2. The van der Waals surface area contributed by atoms with Crippen LogP contribution in [0.3, 0.4) is 0 Å². The molecule has 0 bridgehead atoms. The first kappa shape index (κ1) is 37.1. The summed E-state index contributed by atoms with van der Waals surface area (Å²) in [5.74, 6) is 0.366. The Morgan fingerprint density at radius 3 is 2.30 bits per heavy atom. The zero-order chi connectivity index (χ0) is 33.0. The van der Waals surface area contributed by atoms with Crippen molar-refractivity contribution in [1.29, 1.82) is 0 Å². The van der Waals surface area contributed by atoms with Gasteiger partial charge in [-0.25, -0.2) is 4.98 Å². The van der Waals surface area contributed by atoms with Crippen molar-refractivity contribution in [3.8, 4) is 16.2 Å². The maximum atomic E-state index is 10.9. The Kier molecular flexibility index (Phi) is 17.3. The van der Waals surface area contributed by atoms with E-state index in [1.165, 1.54) is 5.56 Å². The first-order valence-corrected chi connectivity index (χ1v) is 16.5. The zero-order valence-electron chi connectivity index (χ0n) is 26.9. The van der Waals surface area contributed by atoms with Crippen LogP contribution in [0.1, 0.15) is 48.6 Å². The van der Waals surface area contributed by atoms with E-state index < -0.39 is 0 Å². The molecular formula is C34H48N4O7S. The van der Waals surface area contributed by atoms with E-state index in [4.69, 9.17) is 35.2 Å². The third-order valence-electron chi connectivity index (χ3n) is 7.30. The van der Waals surface area contributed by atoms with Crippen LogP contribution in [0.2, 0.25) is 0 Å². The van der Waals surface area contributed by atoms with E-state index in [9.17, 15) is 9.59 Å². The third-order valence-corrected chi connectivity index (χ3v) is 8.27. The van der Waals surface area contributed by atoms with Gasteiger partial charge in [0.25, 0.3) is 0 Å². The van der Waals surface area contributed by atoms with Gasteiger partial charge in [0.1, 0.15) is 12.4 Å². The number of aromatic nitrogens is 1. The molecule has 11 nitrogen and oxygen atoms in total. The van der Waals surface area contributed by atoms with Gasteiger partial charge in [0.2, 0.25) is 12.3 Å². The number of carbonyl (C=O) groups excluding carboxylic acids is 2. The number of carbonyl (C=O) groups is 2. The molecule has 46 heavy (non-hydrogen) atoms. The predicted molar refractivity (Wildman–Crippen MR) is 179 cm³/mol. The van der Waals surface area contributed by atoms with Crippen molar-refractivity contribution in [2.45, 2.75) is 64.8 Å². The van der Waals surface area contributed by atoms with Crippen LogP contribution in [-0.2, 0) is 48.1 Å². The number of hydrogen-bond donors (Lipinski definition) is 3. The lowest BCUT2D eigenvalue weighted by Gasteiger charge is -2.20. The van der Waals surface area contributed by atoms with Crippen LogP contribution >= 0.6 is 11.3 Å². The highest BCUT2D eigenvalue weighted by molar-refractivity contribution is 7.13. The first-order chi connectivity index (χ1) is 22.4. The van der Waals surface area contributed by atoms with Crippen molar-refractivity contribution in [3.05, 3.63) is 70.4 Å². The lowest BCUT2D eigenvalue weighted by molar-refractivity contribution is -0.118. The SMILES string of the molecule is Cc1ncsc1-c1ccc(CNC=O)c(OCCOCCOCCOCCCc2ccc(CO[C@H](C)[C@@H](N)CCC(N)=O)cc2)c1. The number of nitrogens with one attached hydrogen (secondary N) is 1. The Morgan fingerprint density at radius 2 is 1.65 bits per heavy atom. The molecule has 3 aromatic rings. The second-order valence-electron chi connectivity index (χ2n) is 10.9. The standard InChI is InChI=1S/C34H48N4O7S/c1-25-34(46-24-38-25)29-9-10-30(21-37-23-39)32(20-29)44-19-18-43-17-16-42-15-14-41-13-3-4-27-5-7-28(8-6-27)22-45-26(2)31(35)11-12-33(36)40/h5-10,20,23-24,26,31H,3-4,11-19,21-22,35H2,1-2H3,(H2,36,40)(H,37,39)/t26-,31+/m1/s1. The Labute approximate surface area is 275 Å². The molecule has 0 aliphatic carbocycles. The Bertz CT molecular complexity index is 1300. The lowest BCUT2D eigenvalue weighted by atomic mass is 10.1. The molecule has 1 aromatic heterocycles.